The van der Waals surface area contributed by atoms with Gasteiger partial charge in [0.05, 0.1) is 5.92 Å². The average Bonchev–Trinajstić information content (AvgIpc) is 3.07. The lowest BCUT2D eigenvalue weighted by Crippen LogP contribution is -2.43. The van der Waals surface area contributed by atoms with Crippen molar-refractivity contribution in [1.82, 2.24) is 9.29 Å². The van der Waals surface area contributed by atoms with E-state index in [9.17, 15) is 22.0 Å². The number of aromatic nitrogens is 1. The lowest BCUT2D eigenvalue weighted by molar-refractivity contribution is -0.120. The molecule has 1 saturated heterocycles. The van der Waals surface area contributed by atoms with Crippen LogP contribution in [-0.2, 0) is 14.8 Å². The maximum absolute atomic E-state index is 13.9. The van der Waals surface area contributed by atoms with Crippen molar-refractivity contribution in [2.24, 2.45) is 5.92 Å². The van der Waals surface area contributed by atoms with Crippen molar-refractivity contribution in [3.05, 3.63) is 41.4 Å². The van der Waals surface area contributed by atoms with Crippen LogP contribution < -0.4 is 5.32 Å². The van der Waals surface area contributed by atoms with Gasteiger partial charge in [-0.3, -0.25) is 4.79 Å². The van der Waals surface area contributed by atoms with Crippen LogP contribution >= 0.6 is 11.3 Å². The molecule has 2 aromatic rings. The Balaban J connectivity index is 1.77. The largest absolute Gasteiger partial charge is 0.302 e. The van der Waals surface area contributed by atoms with Crippen LogP contribution in [0.15, 0.2) is 34.7 Å². The summed E-state index contributed by atoms with van der Waals surface area (Å²) in [6, 6.07) is 2.33. The molecule has 1 fully saturated rings. The van der Waals surface area contributed by atoms with Crippen molar-refractivity contribution in [3.63, 3.8) is 0 Å². The van der Waals surface area contributed by atoms with Crippen molar-refractivity contribution in [3.8, 4) is 0 Å². The van der Waals surface area contributed by atoms with Crippen LogP contribution in [0.2, 0.25) is 0 Å². The number of hydrogen-bond acceptors (Lipinski definition) is 5. The Kier molecular flexibility index (Phi) is 5.11. The average molecular weight is 387 g/mol. The minimum absolute atomic E-state index is 0.0592. The summed E-state index contributed by atoms with van der Waals surface area (Å²) in [5.41, 5.74) is 0. The summed E-state index contributed by atoms with van der Waals surface area (Å²) in [5.74, 6) is -2.88. The summed E-state index contributed by atoms with van der Waals surface area (Å²) in [4.78, 5) is 15.7. The Bertz CT molecular complexity index is 872. The van der Waals surface area contributed by atoms with E-state index in [-0.39, 0.29) is 19.0 Å². The van der Waals surface area contributed by atoms with E-state index in [2.05, 4.69) is 10.3 Å². The molecule has 1 N–H and O–H groups in total. The van der Waals surface area contributed by atoms with E-state index in [4.69, 9.17) is 0 Å². The molecule has 6 nitrogen and oxygen atoms in total. The molecule has 1 aromatic heterocycles. The number of benzene rings is 1. The third kappa shape index (κ3) is 3.86. The highest BCUT2D eigenvalue weighted by Gasteiger charge is 2.34. The lowest BCUT2D eigenvalue weighted by atomic mass is 9.99. The summed E-state index contributed by atoms with van der Waals surface area (Å²) >= 11 is 1.26. The number of thiazole rings is 1. The fourth-order valence-corrected chi connectivity index (χ4v) is 4.79. The first-order chi connectivity index (χ1) is 11.9. The van der Waals surface area contributed by atoms with Crippen LogP contribution in [0, 0.1) is 17.6 Å². The molecule has 1 aromatic carbocycles. The minimum atomic E-state index is -4.14. The summed E-state index contributed by atoms with van der Waals surface area (Å²) in [5, 5.41) is 4.80. The lowest BCUT2D eigenvalue weighted by Gasteiger charge is -2.31. The van der Waals surface area contributed by atoms with Gasteiger partial charge in [-0.15, -0.1) is 11.3 Å². The number of piperidine rings is 1. The number of hydrogen-bond donors (Lipinski definition) is 1. The maximum Gasteiger partial charge on any atom is 0.246 e. The molecule has 0 bridgehead atoms. The Morgan fingerprint density at radius 1 is 1.36 bits per heavy atom. The molecule has 1 atom stereocenters. The van der Waals surface area contributed by atoms with Gasteiger partial charge in [-0.05, 0) is 25.0 Å². The molecule has 1 unspecified atom stereocenters. The summed E-state index contributed by atoms with van der Waals surface area (Å²) < 4.78 is 53.2. The normalized spacial score (nSPS) is 18.9. The van der Waals surface area contributed by atoms with Crippen molar-refractivity contribution < 1.29 is 22.0 Å². The van der Waals surface area contributed by atoms with E-state index < -0.39 is 32.5 Å². The van der Waals surface area contributed by atoms with E-state index in [1.165, 1.54) is 11.3 Å². The number of sulfonamides is 1. The topological polar surface area (TPSA) is 79.4 Å². The van der Waals surface area contributed by atoms with Gasteiger partial charge in [0.15, 0.2) is 5.13 Å². The number of halogens is 2. The highest BCUT2D eigenvalue weighted by Crippen LogP contribution is 2.26. The Morgan fingerprint density at radius 3 is 2.84 bits per heavy atom. The van der Waals surface area contributed by atoms with Crippen LogP contribution in [0.3, 0.4) is 0 Å². The zero-order valence-electron chi connectivity index (χ0n) is 13.0. The molecule has 2 heterocycles. The van der Waals surface area contributed by atoms with E-state index in [0.717, 1.165) is 16.4 Å². The molecule has 134 valence electrons. The molecule has 0 spiro atoms. The first-order valence-corrected chi connectivity index (χ1v) is 9.85. The number of rotatable bonds is 4. The number of carbonyl (C=O) groups excluding carboxylic acids is 1. The molecule has 10 heteroatoms. The van der Waals surface area contributed by atoms with Crippen molar-refractivity contribution in [2.45, 2.75) is 17.7 Å². The molecule has 0 saturated carbocycles. The first-order valence-electron chi connectivity index (χ1n) is 7.53. The fraction of sp³-hybridized carbons (Fsp3) is 0.333. The van der Waals surface area contributed by atoms with Crippen LogP contribution in [-0.4, -0.2) is 36.7 Å². The summed E-state index contributed by atoms with van der Waals surface area (Å²) in [6.07, 6.45) is 2.54. The van der Waals surface area contributed by atoms with Gasteiger partial charge in [-0.25, -0.2) is 22.2 Å². The van der Waals surface area contributed by atoms with Gasteiger partial charge in [0.1, 0.15) is 16.5 Å². The monoisotopic (exact) mass is 387 g/mol. The van der Waals surface area contributed by atoms with Crippen LogP contribution in [0.1, 0.15) is 12.8 Å². The molecule has 1 aliphatic heterocycles. The van der Waals surface area contributed by atoms with Crippen molar-refractivity contribution in [2.75, 3.05) is 18.4 Å². The molecule has 0 radical (unpaired) electrons. The molecular formula is C15H15F2N3O3S2. The highest BCUT2D eigenvalue weighted by molar-refractivity contribution is 7.89. The van der Waals surface area contributed by atoms with E-state index in [1.807, 2.05) is 0 Å². The highest BCUT2D eigenvalue weighted by atomic mass is 32.2. The number of nitrogens with zero attached hydrogens (tertiary/aromatic N) is 2. The molecule has 25 heavy (non-hydrogen) atoms. The second kappa shape index (κ2) is 7.14. The van der Waals surface area contributed by atoms with Gasteiger partial charge < -0.3 is 5.32 Å². The Labute approximate surface area is 147 Å². The fourth-order valence-electron chi connectivity index (χ4n) is 2.69. The SMILES string of the molecule is O=C(Nc1nccs1)C1CCCN(S(=O)(=O)c2ccc(F)cc2F)C1. The Morgan fingerprint density at radius 2 is 2.16 bits per heavy atom. The predicted octanol–water partition coefficient (Wildman–Crippen LogP) is 2.46. The molecule has 1 aliphatic rings. The van der Waals surface area contributed by atoms with Crippen LogP contribution in [0.4, 0.5) is 13.9 Å². The predicted molar refractivity (Wildman–Crippen MR) is 88.6 cm³/mol. The number of anilines is 1. The van der Waals surface area contributed by atoms with Gasteiger partial charge in [0.25, 0.3) is 0 Å². The number of nitrogens with one attached hydrogen (secondary N) is 1. The third-order valence-electron chi connectivity index (χ3n) is 3.93. The quantitative estimate of drug-likeness (QED) is 0.874. The maximum atomic E-state index is 13.9. The molecule has 0 aliphatic carbocycles. The van der Waals surface area contributed by atoms with Gasteiger partial charge in [-0.1, -0.05) is 0 Å². The summed E-state index contributed by atoms with van der Waals surface area (Å²) in [6.45, 7) is 0.122. The smallest absolute Gasteiger partial charge is 0.246 e. The van der Waals surface area contributed by atoms with Crippen LogP contribution in [0.5, 0.6) is 0 Å². The van der Waals surface area contributed by atoms with E-state index in [1.54, 1.807) is 11.6 Å². The third-order valence-corrected chi connectivity index (χ3v) is 6.52. The zero-order valence-corrected chi connectivity index (χ0v) is 14.6. The Hall–Kier alpha value is -1.91. The molecule has 1 amide bonds. The number of carbonyl (C=O) groups is 1. The van der Waals surface area contributed by atoms with Gasteiger partial charge in [0.2, 0.25) is 15.9 Å². The first kappa shape index (κ1) is 17.9. The van der Waals surface area contributed by atoms with Crippen molar-refractivity contribution in [1.29, 1.82) is 0 Å². The van der Waals surface area contributed by atoms with Crippen molar-refractivity contribution >= 4 is 32.4 Å². The molecular weight excluding hydrogens is 372 g/mol. The van der Waals surface area contributed by atoms with Gasteiger partial charge >= 0.3 is 0 Å². The van der Waals surface area contributed by atoms with Crippen LogP contribution in [0.25, 0.3) is 0 Å². The number of amides is 1. The van der Waals surface area contributed by atoms with E-state index in [0.29, 0.717) is 24.0 Å². The van der Waals surface area contributed by atoms with E-state index >= 15 is 0 Å². The molecule has 3 rings (SSSR count). The second-order valence-corrected chi connectivity index (χ2v) is 8.40. The van der Waals surface area contributed by atoms with Gasteiger partial charge in [0, 0.05) is 30.7 Å². The van der Waals surface area contributed by atoms with Gasteiger partial charge in [-0.2, -0.15) is 4.31 Å². The zero-order chi connectivity index (χ0) is 18.0. The second-order valence-electron chi connectivity index (χ2n) is 5.60. The minimum Gasteiger partial charge on any atom is -0.302 e. The summed E-state index contributed by atoms with van der Waals surface area (Å²) in [7, 11) is -4.14. The standard InChI is InChI=1S/C15H15F2N3O3S2/c16-11-3-4-13(12(17)8-11)25(22,23)20-6-1-2-10(9-20)14(21)19-15-18-5-7-24-15/h3-5,7-8,10H,1-2,6,9H2,(H,18,19,21).